The van der Waals surface area contributed by atoms with Gasteiger partial charge in [-0.05, 0) is 70.8 Å². The van der Waals surface area contributed by atoms with Gasteiger partial charge in [-0.15, -0.1) is 0 Å². The number of methoxy groups -OCH3 is 1. The second-order valence-corrected chi connectivity index (χ2v) is 11.2. The number of hydrogen-bond donors (Lipinski definition) is 7. The van der Waals surface area contributed by atoms with Crippen LogP contribution in [0, 0.1) is 0 Å². The zero-order valence-electron chi connectivity index (χ0n) is 26.3. The Balaban J connectivity index is 1.44. The van der Waals surface area contributed by atoms with E-state index in [0.29, 0.717) is 11.1 Å². The van der Waals surface area contributed by atoms with E-state index >= 15 is 0 Å². The molecule has 0 amide bonds. The van der Waals surface area contributed by atoms with E-state index in [1.54, 1.807) is 6.07 Å². The van der Waals surface area contributed by atoms with Gasteiger partial charge in [-0.3, -0.25) is 4.79 Å². The van der Waals surface area contributed by atoms with Gasteiger partial charge >= 0.3 is 17.9 Å². The van der Waals surface area contributed by atoms with Crippen molar-refractivity contribution in [1.82, 2.24) is 0 Å². The van der Waals surface area contributed by atoms with Crippen LogP contribution in [0.15, 0.2) is 72.8 Å². The number of phenolic OH excluding ortho intramolecular Hbond substituents is 6. The summed E-state index contributed by atoms with van der Waals surface area (Å²) in [5.41, 5.74) is 1.67. The van der Waals surface area contributed by atoms with Gasteiger partial charge in [-0.2, -0.15) is 0 Å². The predicted molar refractivity (Wildman–Crippen MR) is 173 cm³/mol. The molecule has 0 saturated carbocycles. The molecule has 0 fully saturated rings. The highest BCUT2D eigenvalue weighted by Crippen LogP contribution is 2.53. The van der Waals surface area contributed by atoms with Gasteiger partial charge in [0.1, 0.15) is 12.0 Å². The third-order valence-corrected chi connectivity index (χ3v) is 7.92. The van der Waals surface area contributed by atoms with Crippen molar-refractivity contribution >= 4 is 24.0 Å². The number of ether oxygens (including phenoxy) is 4. The van der Waals surface area contributed by atoms with Gasteiger partial charge in [-0.1, -0.05) is 24.3 Å². The van der Waals surface area contributed by atoms with Gasteiger partial charge in [0.25, 0.3) is 0 Å². The van der Waals surface area contributed by atoms with E-state index in [9.17, 15) is 50.1 Å². The smallest absolute Gasteiger partial charge is 0.345 e. The number of carbonyl (C=O) groups excluding carboxylic acids is 2. The maximum Gasteiger partial charge on any atom is 0.345 e. The Bertz CT molecular complexity index is 1970. The number of carboxylic acids is 1. The average Bonchev–Trinajstić information content (AvgIpc) is 3.49. The summed E-state index contributed by atoms with van der Waals surface area (Å²) in [6.07, 6.45) is -0.624. The lowest BCUT2D eigenvalue weighted by Gasteiger charge is -2.19. The van der Waals surface area contributed by atoms with E-state index in [-0.39, 0.29) is 59.1 Å². The van der Waals surface area contributed by atoms with E-state index in [1.165, 1.54) is 67.8 Å². The van der Waals surface area contributed by atoms with E-state index in [1.807, 2.05) is 0 Å². The largest absolute Gasteiger partial charge is 0.504 e. The van der Waals surface area contributed by atoms with Gasteiger partial charge in [0.05, 0.1) is 13.7 Å². The van der Waals surface area contributed by atoms with Crippen LogP contribution in [-0.2, 0) is 36.7 Å². The third-order valence-electron chi connectivity index (χ3n) is 7.92. The highest BCUT2D eigenvalue weighted by molar-refractivity contribution is 5.91. The van der Waals surface area contributed by atoms with Crippen molar-refractivity contribution in [2.24, 2.45) is 0 Å². The van der Waals surface area contributed by atoms with Crippen LogP contribution in [0.3, 0.4) is 0 Å². The molecular formula is C36H32O14. The van der Waals surface area contributed by atoms with Gasteiger partial charge in [0.15, 0.2) is 46.0 Å². The van der Waals surface area contributed by atoms with Crippen LogP contribution in [0.2, 0.25) is 0 Å². The first-order valence-electron chi connectivity index (χ1n) is 15.1. The Morgan fingerprint density at radius 3 is 2.04 bits per heavy atom. The first kappa shape index (κ1) is 34.8. The van der Waals surface area contributed by atoms with E-state index in [4.69, 9.17) is 18.9 Å². The number of benzene rings is 4. The molecule has 1 aliphatic heterocycles. The zero-order chi connectivity index (χ0) is 36.1. The second-order valence-electron chi connectivity index (χ2n) is 11.2. The highest BCUT2D eigenvalue weighted by atomic mass is 16.6. The molecule has 260 valence electrons. The summed E-state index contributed by atoms with van der Waals surface area (Å²) in [6.45, 7) is -0.140. The Labute approximate surface area is 284 Å². The Morgan fingerprint density at radius 1 is 0.800 bits per heavy atom. The topological polar surface area (TPSA) is 230 Å². The number of aliphatic carboxylic acids is 1. The minimum absolute atomic E-state index is 0.126. The quantitative estimate of drug-likeness (QED) is 0.0629. The van der Waals surface area contributed by atoms with Gasteiger partial charge in [0, 0.05) is 24.5 Å². The summed E-state index contributed by atoms with van der Waals surface area (Å²) in [5, 5.41) is 68.5. The van der Waals surface area contributed by atoms with Gasteiger partial charge in [-0.25, -0.2) is 9.59 Å². The van der Waals surface area contributed by atoms with Crippen LogP contribution in [0.4, 0.5) is 0 Å². The summed E-state index contributed by atoms with van der Waals surface area (Å²) < 4.78 is 22.5. The van der Waals surface area contributed by atoms with E-state index in [0.717, 1.165) is 12.1 Å². The number of phenols is 6. The van der Waals surface area contributed by atoms with Crippen molar-refractivity contribution in [2.45, 2.75) is 31.0 Å². The molecular weight excluding hydrogens is 656 g/mol. The summed E-state index contributed by atoms with van der Waals surface area (Å²) in [5.74, 6) is -6.50. The fourth-order valence-electron chi connectivity index (χ4n) is 5.42. The molecule has 0 aromatic heterocycles. The van der Waals surface area contributed by atoms with Crippen LogP contribution >= 0.6 is 0 Å². The van der Waals surface area contributed by atoms with Crippen molar-refractivity contribution in [3.05, 3.63) is 101 Å². The first-order valence-corrected chi connectivity index (χ1v) is 15.1. The fourth-order valence-corrected chi connectivity index (χ4v) is 5.42. The molecule has 14 heteroatoms. The van der Waals surface area contributed by atoms with Crippen molar-refractivity contribution < 1.29 is 69.1 Å². The number of fused-ring (bicyclic) bond motifs is 1. The lowest BCUT2D eigenvalue weighted by atomic mass is 9.87. The van der Waals surface area contributed by atoms with Gasteiger partial charge in [0.2, 0.25) is 6.10 Å². The van der Waals surface area contributed by atoms with Crippen LogP contribution in [0.25, 0.3) is 6.08 Å². The second kappa shape index (κ2) is 14.7. The highest BCUT2D eigenvalue weighted by Gasteiger charge is 2.45. The van der Waals surface area contributed by atoms with Crippen molar-refractivity contribution in [3.63, 3.8) is 0 Å². The summed E-state index contributed by atoms with van der Waals surface area (Å²) in [7, 11) is 1.38. The fraction of sp³-hybridized carbons (Fsp3) is 0.194. The van der Waals surface area contributed by atoms with Crippen molar-refractivity contribution in [2.75, 3.05) is 13.7 Å². The number of hydrogen-bond acceptors (Lipinski definition) is 13. The number of rotatable bonds is 12. The summed E-state index contributed by atoms with van der Waals surface area (Å²) >= 11 is 0. The molecule has 0 bridgehead atoms. The minimum atomic E-state index is -1.65. The normalized spacial score (nSPS) is 15.5. The maximum atomic E-state index is 13.8. The first-order chi connectivity index (χ1) is 23.9. The van der Waals surface area contributed by atoms with Crippen LogP contribution < -0.4 is 9.47 Å². The Hall–Kier alpha value is -6.57. The molecule has 5 rings (SSSR count). The Kier molecular flexibility index (Phi) is 10.2. The molecule has 0 aliphatic carbocycles. The molecule has 3 atom stereocenters. The molecule has 4 aromatic carbocycles. The third kappa shape index (κ3) is 7.59. The zero-order valence-corrected chi connectivity index (χ0v) is 26.3. The molecule has 14 nitrogen and oxygen atoms in total. The lowest BCUT2D eigenvalue weighted by molar-refractivity contribution is -0.160. The van der Waals surface area contributed by atoms with Crippen LogP contribution in [0.1, 0.15) is 39.8 Å². The van der Waals surface area contributed by atoms with E-state index in [2.05, 4.69) is 0 Å². The molecule has 1 heterocycles. The number of esters is 2. The number of carboxylic acid groups (broad SMARTS) is 1. The van der Waals surface area contributed by atoms with Crippen molar-refractivity contribution in [3.8, 4) is 46.0 Å². The van der Waals surface area contributed by atoms with Crippen LogP contribution in [0.5, 0.6) is 46.0 Å². The summed E-state index contributed by atoms with van der Waals surface area (Å²) in [6, 6.07) is 14.8. The average molecular weight is 689 g/mol. The molecule has 0 spiro atoms. The minimum Gasteiger partial charge on any atom is -0.504 e. The maximum absolute atomic E-state index is 13.8. The van der Waals surface area contributed by atoms with Crippen molar-refractivity contribution in [1.29, 1.82) is 0 Å². The van der Waals surface area contributed by atoms with E-state index < -0.39 is 59.0 Å². The van der Waals surface area contributed by atoms with Crippen LogP contribution in [-0.4, -0.2) is 73.5 Å². The molecule has 0 radical (unpaired) electrons. The molecule has 4 aromatic rings. The Morgan fingerprint density at radius 2 is 1.42 bits per heavy atom. The molecule has 0 saturated heterocycles. The standard InChI is InChI=1S/C36H32O14/c1-47-28-10-5-20(6-11-30(43)49-29(35(44)45)16-19-3-8-23(38)26(41)15-19)31-32(33(50-34(28)31)21-4-9-24(39)27(42)17-21)36(46)48-13-12-18-2-7-22(37)25(40)14-18/h2-11,14-15,17,29,32-33,37-42H,12-13,16H2,1H3,(H,44,45)/b11-6+/t29-,32+,33-/m1/s1. The molecule has 0 unspecified atom stereocenters. The monoisotopic (exact) mass is 688 g/mol. The van der Waals surface area contributed by atoms with Gasteiger partial charge < -0.3 is 54.7 Å². The number of carbonyl (C=O) groups is 3. The predicted octanol–water partition coefficient (Wildman–Crippen LogP) is 4.18. The molecule has 50 heavy (non-hydrogen) atoms. The lowest BCUT2D eigenvalue weighted by Crippen LogP contribution is -2.28. The molecule has 1 aliphatic rings. The number of aromatic hydroxyl groups is 6. The SMILES string of the molecule is COc1ccc(/C=C/C(=O)O[C@H](Cc2ccc(O)c(O)c2)C(=O)O)c2c1O[C@H](c1ccc(O)c(O)c1)[C@H]2C(=O)OCCc1ccc(O)c(O)c1. The molecule has 7 N–H and O–H groups in total. The summed E-state index contributed by atoms with van der Waals surface area (Å²) in [4.78, 5) is 38.6.